The molecule has 0 radical (unpaired) electrons. The van der Waals surface area contributed by atoms with Crippen LogP contribution in [-0.4, -0.2) is 46.4 Å². The van der Waals surface area contributed by atoms with E-state index in [1.165, 1.54) is 0 Å². The average molecular weight is 434 g/mol. The average Bonchev–Trinajstić information content (AvgIpc) is 3.15. The summed E-state index contributed by atoms with van der Waals surface area (Å²) in [6, 6.07) is 12.9. The van der Waals surface area contributed by atoms with Crippen molar-refractivity contribution in [3.63, 3.8) is 0 Å². The number of guanidine groups is 1. The first-order valence-electron chi connectivity index (χ1n) is 9.98. The molecule has 10 heteroatoms. The van der Waals surface area contributed by atoms with Crippen molar-refractivity contribution in [1.29, 1.82) is 0 Å². The molecule has 1 aromatic carbocycles. The highest BCUT2D eigenvalue weighted by molar-refractivity contribution is 5.79. The van der Waals surface area contributed by atoms with Gasteiger partial charge in [0.15, 0.2) is 11.6 Å². The highest BCUT2D eigenvalue weighted by atomic mass is 19.4. The second-order valence-corrected chi connectivity index (χ2v) is 6.84. The van der Waals surface area contributed by atoms with Crippen LogP contribution in [0.15, 0.2) is 53.7 Å². The fourth-order valence-electron chi connectivity index (χ4n) is 2.89. The van der Waals surface area contributed by atoms with Crippen LogP contribution in [0.1, 0.15) is 23.9 Å². The molecule has 0 saturated carbocycles. The third-order valence-electron chi connectivity index (χ3n) is 4.35. The molecule has 0 aliphatic rings. The Bertz CT molecular complexity index is 985. The van der Waals surface area contributed by atoms with Crippen LogP contribution < -0.4 is 10.6 Å². The molecule has 0 amide bonds. The number of nitrogens with zero attached hydrogens (tertiary/aromatic N) is 4. The van der Waals surface area contributed by atoms with Gasteiger partial charge in [-0.3, -0.25) is 4.40 Å². The van der Waals surface area contributed by atoms with Crippen molar-refractivity contribution in [3.8, 4) is 0 Å². The van der Waals surface area contributed by atoms with Gasteiger partial charge in [-0.05, 0) is 30.2 Å². The van der Waals surface area contributed by atoms with Crippen LogP contribution in [-0.2, 0) is 24.3 Å². The summed E-state index contributed by atoms with van der Waals surface area (Å²) in [6.45, 7) is 2.45. The van der Waals surface area contributed by atoms with E-state index in [9.17, 15) is 13.2 Å². The monoisotopic (exact) mass is 434 g/mol. The molecule has 0 fully saturated rings. The molecule has 7 nitrogen and oxygen atoms in total. The molecule has 0 aliphatic heterocycles. The zero-order valence-electron chi connectivity index (χ0n) is 17.2. The van der Waals surface area contributed by atoms with Gasteiger partial charge in [-0.15, -0.1) is 10.2 Å². The summed E-state index contributed by atoms with van der Waals surface area (Å²) < 4.78 is 43.0. The Hall–Kier alpha value is -3.14. The summed E-state index contributed by atoms with van der Waals surface area (Å²) in [6.07, 6.45) is -1.70. The van der Waals surface area contributed by atoms with Crippen LogP contribution in [0, 0.1) is 0 Å². The first kappa shape index (κ1) is 22.5. The number of hydrogen-bond acceptors (Lipinski definition) is 4. The fourth-order valence-corrected chi connectivity index (χ4v) is 2.89. The lowest BCUT2D eigenvalue weighted by Gasteiger charge is -2.11. The molecule has 0 atom stereocenters. The number of benzene rings is 1. The number of hydrogen-bond donors (Lipinski definition) is 2. The van der Waals surface area contributed by atoms with E-state index in [0.29, 0.717) is 31.0 Å². The number of aromatic nitrogens is 3. The predicted octanol–water partition coefficient (Wildman–Crippen LogP) is 3.11. The molecule has 0 bridgehead atoms. The second-order valence-electron chi connectivity index (χ2n) is 6.84. The van der Waals surface area contributed by atoms with Gasteiger partial charge in [0.2, 0.25) is 0 Å². The van der Waals surface area contributed by atoms with E-state index in [1.807, 2.05) is 47.9 Å². The number of rotatable bonds is 9. The van der Waals surface area contributed by atoms with Crippen LogP contribution in [0.5, 0.6) is 0 Å². The Morgan fingerprint density at radius 1 is 1.06 bits per heavy atom. The van der Waals surface area contributed by atoms with Gasteiger partial charge in [-0.1, -0.05) is 30.3 Å². The Morgan fingerprint density at radius 3 is 2.58 bits per heavy atom. The quantitative estimate of drug-likeness (QED) is 0.400. The maximum Gasteiger partial charge on any atom is 0.411 e. The lowest BCUT2D eigenvalue weighted by Crippen LogP contribution is -2.38. The third kappa shape index (κ3) is 7.25. The zero-order chi connectivity index (χ0) is 22.1. The zero-order valence-corrected chi connectivity index (χ0v) is 17.2. The Labute approximate surface area is 178 Å². The molecule has 0 spiro atoms. The summed E-state index contributed by atoms with van der Waals surface area (Å²) in [5, 5.41) is 14.8. The molecule has 0 aliphatic carbocycles. The van der Waals surface area contributed by atoms with Gasteiger partial charge in [-0.2, -0.15) is 13.2 Å². The molecule has 2 heterocycles. The molecule has 0 saturated heterocycles. The molecule has 2 aromatic heterocycles. The Morgan fingerprint density at radius 2 is 1.84 bits per heavy atom. The lowest BCUT2D eigenvalue weighted by atomic mass is 10.1. The maximum absolute atomic E-state index is 12.1. The fraction of sp³-hybridized carbons (Fsp3) is 0.381. The summed E-state index contributed by atoms with van der Waals surface area (Å²) in [5.41, 5.74) is 2.44. The highest BCUT2D eigenvalue weighted by Crippen LogP contribution is 2.16. The maximum atomic E-state index is 12.1. The number of fused-ring (bicyclic) bond motifs is 1. The lowest BCUT2D eigenvalue weighted by molar-refractivity contribution is -0.176. The summed E-state index contributed by atoms with van der Waals surface area (Å²) in [4.78, 5) is 4.56. The van der Waals surface area contributed by atoms with Gasteiger partial charge in [0, 0.05) is 25.7 Å². The van der Waals surface area contributed by atoms with E-state index in [2.05, 4.69) is 30.6 Å². The largest absolute Gasteiger partial charge is 0.411 e. The van der Waals surface area contributed by atoms with Crippen molar-refractivity contribution in [3.05, 3.63) is 65.6 Å². The molecule has 2 N–H and O–H groups in total. The summed E-state index contributed by atoms with van der Waals surface area (Å²) in [7, 11) is 0. The van der Waals surface area contributed by atoms with E-state index in [4.69, 9.17) is 0 Å². The van der Waals surface area contributed by atoms with Gasteiger partial charge >= 0.3 is 6.18 Å². The number of nitrogens with one attached hydrogen (secondary N) is 2. The first-order valence-corrected chi connectivity index (χ1v) is 9.98. The molecule has 3 aromatic rings. The van der Waals surface area contributed by atoms with Gasteiger partial charge < -0.3 is 15.4 Å². The van der Waals surface area contributed by atoms with Crippen molar-refractivity contribution in [2.75, 3.05) is 19.7 Å². The molecule has 0 unspecified atom stereocenters. The molecular weight excluding hydrogens is 409 g/mol. The van der Waals surface area contributed by atoms with E-state index in [0.717, 1.165) is 23.6 Å². The minimum atomic E-state index is -4.31. The molecule has 3 rings (SSSR count). The van der Waals surface area contributed by atoms with Crippen molar-refractivity contribution in [2.45, 2.75) is 32.7 Å². The molecule has 31 heavy (non-hydrogen) atoms. The number of ether oxygens (including phenoxy) is 1. The molecular formula is C21H25F3N6O. The van der Waals surface area contributed by atoms with Crippen LogP contribution >= 0.6 is 0 Å². The minimum Gasteiger partial charge on any atom is -0.367 e. The number of aliphatic imine (C=N–C) groups is 1. The van der Waals surface area contributed by atoms with E-state index < -0.39 is 12.8 Å². The van der Waals surface area contributed by atoms with Crippen molar-refractivity contribution in [2.24, 2.45) is 4.99 Å². The second kappa shape index (κ2) is 10.8. The van der Waals surface area contributed by atoms with Gasteiger partial charge in [0.25, 0.3) is 0 Å². The molecule has 166 valence electrons. The summed E-state index contributed by atoms with van der Waals surface area (Å²) >= 11 is 0. The predicted molar refractivity (Wildman–Crippen MR) is 112 cm³/mol. The van der Waals surface area contributed by atoms with Crippen LogP contribution in [0.3, 0.4) is 0 Å². The summed E-state index contributed by atoms with van der Waals surface area (Å²) in [5.74, 6) is 1.54. The van der Waals surface area contributed by atoms with Gasteiger partial charge in [0.05, 0.1) is 13.2 Å². The van der Waals surface area contributed by atoms with E-state index in [1.54, 1.807) is 12.1 Å². The standard InChI is InChI=1S/C21H25F3N6O/c1-2-25-20(26-11-10-19-29-28-18-5-3-4-12-30(18)19)27-13-16-6-8-17(9-7-16)14-31-15-21(22,23)24/h3-9,12H,2,10-11,13-15H2,1H3,(H2,25,26,27). The van der Waals surface area contributed by atoms with Gasteiger partial charge in [-0.25, -0.2) is 4.99 Å². The Balaban J connectivity index is 1.49. The normalized spacial score (nSPS) is 12.3. The van der Waals surface area contributed by atoms with Crippen molar-refractivity contribution in [1.82, 2.24) is 25.2 Å². The van der Waals surface area contributed by atoms with E-state index in [-0.39, 0.29) is 6.61 Å². The van der Waals surface area contributed by atoms with Gasteiger partial charge in [0.1, 0.15) is 12.4 Å². The van der Waals surface area contributed by atoms with Crippen molar-refractivity contribution < 1.29 is 17.9 Å². The Kier molecular flexibility index (Phi) is 7.82. The van der Waals surface area contributed by atoms with Crippen LogP contribution in [0.2, 0.25) is 0 Å². The van der Waals surface area contributed by atoms with Crippen LogP contribution in [0.25, 0.3) is 5.65 Å². The first-order chi connectivity index (χ1) is 14.9. The topological polar surface area (TPSA) is 75.8 Å². The number of alkyl halides is 3. The number of halogens is 3. The SMILES string of the molecule is CCNC(=NCc1ccc(COCC(F)(F)F)cc1)NCCc1nnc2ccccn12. The minimum absolute atomic E-state index is 0.0788. The van der Waals surface area contributed by atoms with E-state index >= 15 is 0 Å². The number of pyridine rings is 1. The third-order valence-corrected chi connectivity index (χ3v) is 4.35. The smallest absolute Gasteiger partial charge is 0.367 e. The van der Waals surface area contributed by atoms with Crippen LogP contribution in [0.4, 0.5) is 13.2 Å². The van der Waals surface area contributed by atoms with Crippen molar-refractivity contribution >= 4 is 11.6 Å². The highest BCUT2D eigenvalue weighted by Gasteiger charge is 2.27.